The smallest absolute Gasteiger partial charge is 0.308 e. The van der Waals surface area contributed by atoms with Crippen molar-refractivity contribution in [2.24, 2.45) is 0 Å². The quantitative estimate of drug-likeness (QED) is 0.837. The van der Waals surface area contributed by atoms with Crippen molar-refractivity contribution in [2.75, 3.05) is 17.2 Å². The van der Waals surface area contributed by atoms with Gasteiger partial charge < -0.3 is 10.6 Å². The maximum absolute atomic E-state index is 12.6. The fourth-order valence-corrected chi connectivity index (χ4v) is 3.66. The first kappa shape index (κ1) is 17.9. The number of nitrogens with one attached hydrogen (secondary N) is 2. The zero-order chi connectivity index (χ0) is 18.6. The molecule has 0 bridgehead atoms. The lowest BCUT2D eigenvalue weighted by atomic mass is 10.3. The molecular weight excluding hydrogens is 356 g/mol. The van der Waals surface area contributed by atoms with Crippen LogP contribution >= 0.6 is 0 Å². The number of sulfonamides is 1. The molecule has 2 N–H and O–H groups in total. The second-order valence-electron chi connectivity index (χ2n) is 5.62. The van der Waals surface area contributed by atoms with Crippen LogP contribution < -0.4 is 15.5 Å². The first-order valence-electron chi connectivity index (χ1n) is 7.96. The van der Waals surface area contributed by atoms with Crippen molar-refractivity contribution in [1.29, 1.82) is 0 Å². The number of benzene rings is 2. The van der Waals surface area contributed by atoms with Gasteiger partial charge in [0.1, 0.15) is 4.90 Å². The van der Waals surface area contributed by atoms with Gasteiger partial charge >= 0.3 is 6.03 Å². The van der Waals surface area contributed by atoms with Crippen LogP contribution in [-0.2, 0) is 14.8 Å². The molecule has 2 aromatic carbocycles. The van der Waals surface area contributed by atoms with Crippen LogP contribution in [0.5, 0.6) is 0 Å². The molecule has 0 atom stereocenters. The van der Waals surface area contributed by atoms with E-state index in [1.165, 1.54) is 18.2 Å². The van der Waals surface area contributed by atoms with Gasteiger partial charge in [0.15, 0.2) is 0 Å². The number of urea groups is 1. The van der Waals surface area contributed by atoms with Crippen molar-refractivity contribution in [3.63, 3.8) is 0 Å². The van der Waals surface area contributed by atoms with Gasteiger partial charge in [0.2, 0.25) is 5.91 Å². The maximum Gasteiger partial charge on any atom is 0.323 e. The molecule has 2 aromatic rings. The zero-order valence-electron chi connectivity index (χ0n) is 13.8. The molecule has 9 heteroatoms. The van der Waals surface area contributed by atoms with E-state index in [1.807, 2.05) is 6.07 Å². The Morgan fingerprint density at radius 2 is 1.69 bits per heavy atom. The first-order valence-corrected chi connectivity index (χ1v) is 9.40. The standard InChI is InChI=1S/C17H17N4O4S/c22-16-11-6-12-21(16)20-26(24,25)15-10-5-4-9-14(15)19-17(23)18-13-7-2-1-3-8-13/h1-5,7-10H,6,11-12H2,(H2,18,19,23). The molecule has 135 valence electrons. The summed E-state index contributed by atoms with van der Waals surface area (Å²) in [5.74, 6) is -0.333. The number of anilines is 2. The van der Waals surface area contributed by atoms with E-state index in [0.29, 0.717) is 12.1 Å². The SMILES string of the molecule is O=C(Nc1ccccc1)Nc1ccccc1S(=O)(=O)[N]N1CCCC1=O. The Morgan fingerprint density at radius 3 is 2.38 bits per heavy atom. The number of hydrogen-bond acceptors (Lipinski definition) is 4. The highest BCUT2D eigenvalue weighted by atomic mass is 32.2. The normalized spacial score (nSPS) is 14.3. The van der Waals surface area contributed by atoms with Crippen LogP contribution in [0.1, 0.15) is 12.8 Å². The van der Waals surface area contributed by atoms with Gasteiger partial charge in [0, 0.05) is 23.5 Å². The number of carbonyl (C=O) groups is 2. The molecule has 3 amide bonds. The molecule has 0 unspecified atom stereocenters. The van der Waals surface area contributed by atoms with E-state index in [0.717, 1.165) is 5.01 Å². The molecule has 0 aromatic heterocycles. The molecule has 1 fully saturated rings. The largest absolute Gasteiger partial charge is 0.323 e. The maximum atomic E-state index is 12.6. The minimum Gasteiger partial charge on any atom is -0.308 e. The molecule has 0 saturated carbocycles. The van der Waals surface area contributed by atoms with Gasteiger partial charge in [-0.1, -0.05) is 30.3 Å². The molecule has 0 aliphatic carbocycles. The summed E-state index contributed by atoms with van der Waals surface area (Å²) in [5, 5.41) is 6.07. The van der Waals surface area contributed by atoms with Crippen LogP contribution in [0.3, 0.4) is 0 Å². The van der Waals surface area contributed by atoms with Crippen LogP contribution in [0.4, 0.5) is 16.2 Å². The van der Waals surface area contributed by atoms with E-state index in [-0.39, 0.29) is 29.5 Å². The predicted octanol–water partition coefficient (Wildman–Crippen LogP) is 2.16. The Hall–Kier alpha value is -2.91. The number of carbonyl (C=O) groups excluding carboxylic acids is 2. The van der Waals surface area contributed by atoms with E-state index in [9.17, 15) is 18.0 Å². The van der Waals surface area contributed by atoms with Gasteiger partial charge in [-0.15, -0.1) is 0 Å². The van der Waals surface area contributed by atoms with Gasteiger partial charge in [-0.25, -0.2) is 18.2 Å². The summed E-state index contributed by atoms with van der Waals surface area (Å²) in [6, 6.07) is 14.1. The molecule has 26 heavy (non-hydrogen) atoms. The van der Waals surface area contributed by atoms with Gasteiger partial charge in [-0.2, -0.15) is 0 Å². The average molecular weight is 373 g/mol. The summed E-state index contributed by atoms with van der Waals surface area (Å²) in [6.07, 6.45) is 0.843. The van der Waals surface area contributed by atoms with Crippen molar-refractivity contribution < 1.29 is 18.0 Å². The summed E-state index contributed by atoms with van der Waals surface area (Å²) < 4.78 is 25.1. The van der Waals surface area contributed by atoms with E-state index >= 15 is 0 Å². The third-order valence-electron chi connectivity index (χ3n) is 3.70. The van der Waals surface area contributed by atoms with Gasteiger partial charge in [0.05, 0.1) is 5.69 Å². The van der Waals surface area contributed by atoms with Gasteiger partial charge in [-0.05, 0) is 30.7 Å². The molecule has 3 rings (SSSR count). The predicted molar refractivity (Wildman–Crippen MR) is 95.8 cm³/mol. The number of hydrogen-bond donors (Lipinski definition) is 2. The van der Waals surface area contributed by atoms with Crippen molar-refractivity contribution in [3.05, 3.63) is 54.6 Å². The number of amides is 3. The second kappa shape index (κ2) is 7.54. The Bertz CT molecular complexity index is 915. The lowest BCUT2D eigenvalue weighted by Gasteiger charge is -2.16. The van der Waals surface area contributed by atoms with Crippen molar-refractivity contribution >= 4 is 33.3 Å². The van der Waals surface area contributed by atoms with Crippen LogP contribution in [0.2, 0.25) is 0 Å². The minimum atomic E-state index is -4.14. The van der Waals surface area contributed by atoms with E-state index < -0.39 is 16.1 Å². The van der Waals surface area contributed by atoms with E-state index in [4.69, 9.17) is 0 Å². The Morgan fingerprint density at radius 1 is 1.00 bits per heavy atom. The Kier molecular flexibility index (Phi) is 5.19. The summed E-state index contributed by atoms with van der Waals surface area (Å²) >= 11 is 0. The topological polar surface area (TPSA) is 110 Å². The van der Waals surface area contributed by atoms with E-state index in [1.54, 1.807) is 30.3 Å². The van der Waals surface area contributed by atoms with Gasteiger partial charge in [0.25, 0.3) is 10.0 Å². The lowest BCUT2D eigenvalue weighted by molar-refractivity contribution is -0.129. The highest BCUT2D eigenvalue weighted by Crippen LogP contribution is 2.23. The number of nitrogens with zero attached hydrogens (tertiary/aromatic N) is 2. The highest BCUT2D eigenvalue weighted by Gasteiger charge is 2.29. The van der Waals surface area contributed by atoms with Crippen LogP contribution in [0.15, 0.2) is 59.5 Å². The van der Waals surface area contributed by atoms with Crippen molar-refractivity contribution in [1.82, 2.24) is 9.84 Å². The fraction of sp³-hybridized carbons (Fsp3) is 0.176. The Balaban J connectivity index is 1.77. The van der Waals surface area contributed by atoms with Crippen LogP contribution in [-0.4, -0.2) is 31.9 Å². The summed E-state index contributed by atoms with van der Waals surface area (Å²) in [4.78, 5) is 27.2. The molecular formula is C17H17N4O4S. The summed E-state index contributed by atoms with van der Waals surface area (Å²) in [5.41, 5.74) is 0.647. The third kappa shape index (κ3) is 4.19. The fourth-order valence-electron chi connectivity index (χ4n) is 2.49. The molecule has 0 spiro atoms. The molecule has 1 aliphatic heterocycles. The van der Waals surface area contributed by atoms with Crippen LogP contribution in [0, 0.1) is 0 Å². The van der Waals surface area contributed by atoms with Crippen molar-refractivity contribution in [3.8, 4) is 0 Å². The average Bonchev–Trinajstić information content (AvgIpc) is 3.00. The third-order valence-corrected chi connectivity index (χ3v) is 5.02. The first-order chi connectivity index (χ1) is 12.5. The highest BCUT2D eigenvalue weighted by molar-refractivity contribution is 7.89. The van der Waals surface area contributed by atoms with Crippen molar-refractivity contribution in [2.45, 2.75) is 17.7 Å². The molecule has 8 nitrogen and oxygen atoms in total. The Labute approximate surface area is 151 Å². The summed E-state index contributed by atoms with van der Waals surface area (Å²) in [7, 11) is -4.14. The summed E-state index contributed by atoms with van der Waals surface area (Å²) in [6.45, 7) is 0.266. The molecule has 1 heterocycles. The number of rotatable bonds is 5. The molecule has 1 aliphatic rings. The minimum absolute atomic E-state index is 0.0799. The molecule has 1 saturated heterocycles. The van der Waals surface area contributed by atoms with E-state index in [2.05, 4.69) is 15.5 Å². The monoisotopic (exact) mass is 373 g/mol. The van der Waals surface area contributed by atoms with Crippen LogP contribution in [0.25, 0.3) is 0 Å². The molecule has 1 radical (unpaired) electrons. The van der Waals surface area contributed by atoms with Gasteiger partial charge in [-0.3, -0.25) is 4.79 Å². The lowest BCUT2D eigenvalue weighted by Crippen LogP contribution is -2.37. The second-order valence-corrected chi connectivity index (χ2v) is 7.17. The zero-order valence-corrected chi connectivity index (χ0v) is 14.6. The number of para-hydroxylation sites is 2.